The zero-order valence-corrected chi connectivity index (χ0v) is 60.5. The summed E-state index contributed by atoms with van der Waals surface area (Å²) in [5, 5.41) is 7.90. The molecule has 544 valence electrons. The molecular formula is C69H108ClF3N12O12. The monoisotopic (exact) mass is 1390 g/mol. The van der Waals surface area contributed by atoms with Crippen LogP contribution >= 0.6 is 11.6 Å². The normalized spacial score (nSPS) is 26.6. The Kier molecular flexibility index (Phi) is 29.6. The molecule has 9 atom stereocenters. The van der Waals surface area contributed by atoms with Gasteiger partial charge in [0.05, 0.1) is 36.6 Å². The fourth-order valence-corrected chi connectivity index (χ4v) is 13.9. The second-order valence-corrected chi connectivity index (χ2v) is 28.8. The summed E-state index contributed by atoms with van der Waals surface area (Å²) in [6, 6.07) is -5.79. The molecule has 0 radical (unpaired) electrons. The fraction of sp³-hybridized carbons (Fsp3) is 0.739. The SMILES string of the molecule is CC[C@H](C)[C@@H]1NC(=O)[C@H](CC(C)C)N(C)C(=O)C[C@@H](C(=O)N2CCCCC2)N(C)C(=O)[C@H](C(C)C)N(C)C(=O)[C@@](C)(CC)NC(=O)C2CCCN2C(=O)[C@H](CCc2ccc(C(F)(F)F)c(Cl)c2)NC(=O)CN(C)C(=O)[C@H](CC2CCCCC2)N(C)C(=O)CN(C)C(=O)CN(C)C1=O. The van der Waals surface area contributed by atoms with Gasteiger partial charge in [-0.05, 0) is 112 Å². The van der Waals surface area contributed by atoms with Crippen molar-refractivity contribution in [3.8, 4) is 0 Å². The largest absolute Gasteiger partial charge is 0.417 e. The number of likely N-dealkylation sites (N-methyl/N-ethyl adjacent to an activating group) is 7. The van der Waals surface area contributed by atoms with E-state index in [4.69, 9.17) is 11.6 Å². The van der Waals surface area contributed by atoms with Crippen LogP contribution < -0.4 is 16.0 Å². The van der Waals surface area contributed by atoms with E-state index in [9.17, 15) is 56.3 Å². The lowest BCUT2D eigenvalue weighted by Gasteiger charge is -2.41. The number of hydrogen-bond acceptors (Lipinski definition) is 12. The summed E-state index contributed by atoms with van der Waals surface area (Å²) in [6.45, 7) is 12.9. The summed E-state index contributed by atoms with van der Waals surface area (Å²) in [7, 11) is 9.75. The molecule has 1 saturated carbocycles. The molecule has 0 spiro atoms. The average Bonchev–Trinajstić information content (AvgIpc) is 1.47. The third-order valence-corrected chi connectivity index (χ3v) is 20.5. The summed E-state index contributed by atoms with van der Waals surface area (Å²) >= 11 is 6.12. The first kappa shape index (κ1) is 80.6. The van der Waals surface area contributed by atoms with Crippen molar-refractivity contribution in [2.75, 3.05) is 88.6 Å². The van der Waals surface area contributed by atoms with E-state index in [1.807, 2.05) is 20.8 Å². The van der Waals surface area contributed by atoms with Gasteiger partial charge in [-0.25, -0.2) is 0 Å². The molecule has 28 heteroatoms. The van der Waals surface area contributed by atoms with E-state index in [1.165, 1.54) is 81.9 Å². The molecule has 97 heavy (non-hydrogen) atoms. The van der Waals surface area contributed by atoms with Crippen molar-refractivity contribution in [1.29, 1.82) is 0 Å². The molecule has 5 rings (SSSR count). The van der Waals surface area contributed by atoms with E-state index in [0.29, 0.717) is 38.8 Å². The maximum Gasteiger partial charge on any atom is 0.417 e. The van der Waals surface area contributed by atoms with E-state index in [2.05, 4.69) is 16.0 Å². The number of hydrogen-bond donors (Lipinski definition) is 3. The zero-order chi connectivity index (χ0) is 72.7. The van der Waals surface area contributed by atoms with Crippen molar-refractivity contribution in [2.45, 2.75) is 219 Å². The average molecular weight is 1390 g/mol. The quantitative estimate of drug-likeness (QED) is 0.239. The zero-order valence-electron chi connectivity index (χ0n) is 59.8. The molecule has 0 bridgehead atoms. The summed E-state index contributed by atoms with van der Waals surface area (Å²) in [5.41, 5.74) is -2.53. The Hall–Kier alpha value is -7.06. The third-order valence-electron chi connectivity index (χ3n) is 20.2. The molecule has 1 aromatic rings. The van der Waals surface area contributed by atoms with Gasteiger partial charge in [-0.15, -0.1) is 0 Å². The number of amides is 12. The number of likely N-dealkylation sites (tertiary alicyclic amines) is 1. The van der Waals surface area contributed by atoms with E-state index < -0.39 is 173 Å². The second-order valence-electron chi connectivity index (χ2n) is 28.4. The fourth-order valence-electron chi connectivity index (χ4n) is 13.6. The Morgan fingerprint density at radius 3 is 1.82 bits per heavy atom. The lowest BCUT2D eigenvalue weighted by atomic mass is 9.84. The number of benzene rings is 1. The number of nitrogens with one attached hydrogen (secondary N) is 3. The molecule has 1 unspecified atom stereocenters. The van der Waals surface area contributed by atoms with Gasteiger partial charge in [0, 0.05) is 69.0 Å². The van der Waals surface area contributed by atoms with Gasteiger partial charge in [-0.2, -0.15) is 13.2 Å². The van der Waals surface area contributed by atoms with Gasteiger partial charge < -0.3 is 60.0 Å². The van der Waals surface area contributed by atoms with Crippen LogP contribution in [0.4, 0.5) is 13.2 Å². The second kappa shape index (κ2) is 35.6. The lowest BCUT2D eigenvalue weighted by molar-refractivity contribution is -0.156. The maximum absolute atomic E-state index is 15.3. The summed E-state index contributed by atoms with van der Waals surface area (Å²) < 4.78 is 41.4. The van der Waals surface area contributed by atoms with Crippen LogP contribution in [0.3, 0.4) is 0 Å². The highest BCUT2D eigenvalue weighted by Crippen LogP contribution is 2.36. The van der Waals surface area contributed by atoms with E-state index >= 15 is 14.4 Å². The van der Waals surface area contributed by atoms with Crippen molar-refractivity contribution in [3.05, 3.63) is 34.3 Å². The van der Waals surface area contributed by atoms with Crippen LogP contribution in [0.1, 0.15) is 169 Å². The molecule has 3 heterocycles. The van der Waals surface area contributed by atoms with Crippen LogP contribution in [0.5, 0.6) is 0 Å². The predicted octanol–water partition coefficient (Wildman–Crippen LogP) is 5.35. The summed E-state index contributed by atoms with van der Waals surface area (Å²) in [6.07, 6.45) is 2.00. The number of piperidine rings is 1. The van der Waals surface area contributed by atoms with Gasteiger partial charge in [0.2, 0.25) is 70.9 Å². The molecule has 3 aliphatic heterocycles. The van der Waals surface area contributed by atoms with Crippen LogP contribution in [0, 0.1) is 23.7 Å². The van der Waals surface area contributed by atoms with Gasteiger partial charge in [-0.1, -0.05) is 105 Å². The topological polar surface area (TPSA) is 270 Å². The number of carbonyl (C=O) groups is 12. The van der Waals surface area contributed by atoms with Gasteiger partial charge >= 0.3 is 6.18 Å². The Balaban J connectivity index is 1.61. The smallest absolute Gasteiger partial charge is 0.343 e. The molecule has 4 fully saturated rings. The highest BCUT2D eigenvalue weighted by molar-refractivity contribution is 6.31. The van der Waals surface area contributed by atoms with E-state index in [1.54, 1.807) is 32.6 Å². The first-order valence-corrected chi connectivity index (χ1v) is 34.9. The molecule has 1 aliphatic carbocycles. The molecule has 4 aliphatic rings. The molecule has 3 N–H and O–H groups in total. The number of halogens is 4. The van der Waals surface area contributed by atoms with E-state index in [0.717, 1.165) is 70.3 Å². The van der Waals surface area contributed by atoms with Gasteiger partial charge in [0.25, 0.3) is 0 Å². The molecule has 12 amide bonds. The molecular weight excluding hydrogens is 1280 g/mol. The van der Waals surface area contributed by atoms with Crippen molar-refractivity contribution >= 4 is 82.5 Å². The standard InChI is InChI=1S/C69H108ClF3N12O12/c1-16-44(7)58-65(95)79(11)40-56(88)77(9)41-57(89)81(13)52(37-45-25-20-18-21-26-45)63(93)78(10)39-54(86)74-49(31-29-46-28-30-47(48(70)36-46)69(71,72)73)62(92)85-34-24-27-50(85)61(91)76-68(8,17-2)67(97)83(15)59(43(5)6)66(96)82(14)53(64(94)84-32-22-19-23-33-84)38-55(87)80(12)51(35-42(3)4)60(90)75-58/h28,30,36,42-45,49-53,58-59H,16-27,29,31-35,37-41H2,1-15H3,(H,74,86)(H,75,90)(H,76,91)/t44-,49-,50?,51-,52-,53-,58-,59-,68+/m0/s1. The Bertz CT molecular complexity index is 3000. The van der Waals surface area contributed by atoms with Crippen LogP contribution in [-0.4, -0.2) is 251 Å². The summed E-state index contributed by atoms with van der Waals surface area (Å²) in [5.74, 6) is -9.43. The van der Waals surface area contributed by atoms with Gasteiger partial charge in [-0.3, -0.25) is 57.5 Å². The predicted molar refractivity (Wildman–Crippen MR) is 359 cm³/mol. The van der Waals surface area contributed by atoms with Crippen molar-refractivity contribution in [2.24, 2.45) is 23.7 Å². The number of alkyl halides is 3. The Morgan fingerprint density at radius 1 is 0.649 bits per heavy atom. The van der Waals surface area contributed by atoms with Crippen LogP contribution in [-0.2, 0) is 70.1 Å². The number of nitrogens with zero attached hydrogens (tertiary/aromatic N) is 9. The van der Waals surface area contributed by atoms with Gasteiger partial charge in [0.15, 0.2) is 0 Å². The van der Waals surface area contributed by atoms with Crippen LogP contribution in [0.15, 0.2) is 18.2 Å². The molecule has 0 aromatic heterocycles. The van der Waals surface area contributed by atoms with Crippen molar-refractivity contribution < 1.29 is 70.7 Å². The number of aryl methyl sites for hydroxylation is 1. The maximum atomic E-state index is 15.3. The van der Waals surface area contributed by atoms with E-state index in [-0.39, 0.29) is 62.5 Å². The van der Waals surface area contributed by atoms with Crippen LogP contribution in [0.2, 0.25) is 5.02 Å². The first-order chi connectivity index (χ1) is 45.4. The first-order valence-electron chi connectivity index (χ1n) is 34.5. The minimum Gasteiger partial charge on any atom is -0.343 e. The molecule has 3 saturated heterocycles. The number of rotatable bonds is 12. The Morgan fingerprint density at radius 2 is 1.25 bits per heavy atom. The lowest BCUT2D eigenvalue weighted by Crippen LogP contribution is -2.64. The molecule has 1 aromatic carbocycles. The highest BCUT2D eigenvalue weighted by Gasteiger charge is 2.47. The number of carbonyl (C=O) groups excluding carboxylic acids is 12. The van der Waals surface area contributed by atoms with Crippen molar-refractivity contribution in [1.82, 2.24) is 60.0 Å². The van der Waals surface area contributed by atoms with Gasteiger partial charge in [0.1, 0.15) is 47.8 Å². The number of fused-ring (bicyclic) bond motifs is 1. The summed E-state index contributed by atoms with van der Waals surface area (Å²) in [4.78, 5) is 188. The minimum absolute atomic E-state index is 0.0133. The minimum atomic E-state index is -4.76. The Labute approximate surface area is 576 Å². The third kappa shape index (κ3) is 21.0. The molecule has 24 nitrogen and oxygen atoms in total. The van der Waals surface area contributed by atoms with Crippen LogP contribution in [0.25, 0.3) is 0 Å². The highest BCUT2D eigenvalue weighted by atomic mass is 35.5. The van der Waals surface area contributed by atoms with Crippen molar-refractivity contribution in [3.63, 3.8) is 0 Å².